The molecule has 4 nitrogen and oxygen atoms in total. The number of aryl methyl sites for hydroxylation is 1. The normalized spacial score (nSPS) is 10.7. The van der Waals surface area contributed by atoms with Gasteiger partial charge in [-0.25, -0.2) is 0 Å². The highest BCUT2D eigenvalue weighted by Crippen LogP contribution is 2.23. The Balaban J connectivity index is 1.74. The fourth-order valence-corrected chi connectivity index (χ4v) is 3.23. The number of rotatable bonds is 4. The van der Waals surface area contributed by atoms with E-state index in [1.807, 2.05) is 25.1 Å². The summed E-state index contributed by atoms with van der Waals surface area (Å²) in [4.78, 5) is 12.4. The molecule has 0 aliphatic rings. The van der Waals surface area contributed by atoms with E-state index >= 15 is 0 Å². The molecule has 2 aromatic carbocycles. The summed E-state index contributed by atoms with van der Waals surface area (Å²) in [5.74, 6) is -0.271. The van der Waals surface area contributed by atoms with Crippen LogP contribution in [-0.4, -0.2) is 15.7 Å². The van der Waals surface area contributed by atoms with Crippen LogP contribution in [0.4, 0.5) is 5.69 Å². The van der Waals surface area contributed by atoms with Gasteiger partial charge in [-0.15, -0.1) is 0 Å². The summed E-state index contributed by atoms with van der Waals surface area (Å²) in [6.07, 6.45) is 3.31. The van der Waals surface area contributed by atoms with Crippen LogP contribution >= 0.6 is 34.8 Å². The molecule has 0 aliphatic heterocycles. The van der Waals surface area contributed by atoms with Crippen molar-refractivity contribution in [2.75, 3.05) is 5.32 Å². The van der Waals surface area contributed by atoms with E-state index in [9.17, 15) is 4.79 Å². The van der Waals surface area contributed by atoms with Gasteiger partial charge in [0.25, 0.3) is 5.91 Å². The number of halogens is 3. The van der Waals surface area contributed by atoms with Crippen LogP contribution in [0.1, 0.15) is 21.5 Å². The number of carbonyl (C=O) groups is 1. The number of benzene rings is 2. The van der Waals surface area contributed by atoms with Gasteiger partial charge in [-0.2, -0.15) is 5.10 Å². The van der Waals surface area contributed by atoms with Crippen molar-refractivity contribution < 1.29 is 4.79 Å². The van der Waals surface area contributed by atoms with Gasteiger partial charge in [-0.05, 0) is 36.2 Å². The molecule has 1 heterocycles. The molecule has 3 aromatic rings. The number of carbonyl (C=O) groups excluding carboxylic acids is 1. The molecule has 7 heteroatoms. The minimum Gasteiger partial charge on any atom is -0.319 e. The van der Waals surface area contributed by atoms with Gasteiger partial charge in [0, 0.05) is 16.2 Å². The second kappa shape index (κ2) is 7.48. The molecule has 0 saturated carbocycles. The standard InChI is InChI=1S/C18H14Cl3N3O/c1-11-3-2-4-15(20)17(11)18(25)23-14-8-22-24(10-14)9-12-5-6-13(19)7-16(12)21/h2-8,10H,9H2,1H3,(H,23,25). The van der Waals surface area contributed by atoms with Crippen molar-refractivity contribution in [3.63, 3.8) is 0 Å². The third-order valence-corrected chi connectivity index (χ3v) is 4.59. The summed E-state index contributed by atoms with van der Waals surface area (Å²) in [5.41, 5.74) is 2.73. The van der Waals surface area contributed by atoms with E-state index in [1.54, 1.807) is 35.3 Å². The second-order valence-corrected chi connectivity index (χ2v) is 6.80. The van der Waals surface area contributed by atoms with E-state index in [0.29, 0.717) is 32.9 Å². The monoisotopic (exact) mass is 393 g/mol. The fourth-order valence-electron chi connectivity index (χ4n) is 2.45. The van der Waals surface area contributed by atoms with Crippen LogP contribution in [0.25, 0.3) is 0 Å². The molecule has 0 unspecified atom stereocenters. The summed E-state index contributed by atoms with van der Waals surface area (Å²) in [7, 11) is 0. The number of hydrogen-bond acceptors (Lipinski definition) is 2. The number of nitrogens with zero attached hydrogens (tertiary/aromatic N) is 2. The zero-order valence-electron chi connectivity index (χ0n) is 13.3. The zero-order valence-corrected chi connectivity index (χ0v) is 15.5. The Hall–Kier alpha value is -2.01. The molecule has 0 bridgehead atoms. The van der Waals surface area contributed by atoms with Crippen molar-refractivity contribution >= 4 is 46.4 Å². The number of aromatic nitrogens is 2. The van der Waals surface area contributed by atoms with Gasteiger partial charge in [0.05, 0.1) is 29.0 Å². The Labute approximate surface area is 160 Å². The smallest absolute Gasteiger partial charge is 0.257 e. The molecule has 0 radical (unpaired) electrons. The molecule has 0 atom stereocenters. The number of hydrogen-bond donors (Lipinski definition) is 1. The van der Waals surface area contributed by atoms with Gasteiger partial charge in [0.1, 0.15) is 0 Å². The largest absolute Gasteiger partial charge is 0.319 e. The van der Waals surface area contributed by atoms with Crippen molar-refractivity contribution in [2.45, 2.75) is 13.5 Å². The Morgan fingerprint density at radius 1 is 1.16 bits per heavy atom. The van der Waals surface area contributed by atoms with Crippen molar-refractivity contribution in [2.24, 2.45) is 0 Å². The van der Waals surface area contributed by atoms with Crippen molar-refractivity contribution in [1.29, 1.82) is 0 Å². The lowest BCUT2D eigenvalue weighted by Gasteiger charge is -2.08. The maximum Gasteiger partial charge on any atom is 0.257 e. The summed E-state index contributed by atoms with van der Waals surface area (Å²) in [6.45, 7) is 2.31. The van der Waals surface area contributed by atoms with Crippen molar-refractivity contribution in [1.82, 2.24) is 9.78 Å². The highest BCUT2D eigenvalue weighted by molar-refractivity contribution is 6.35. The van der Waals surface area contributed by atoms with E-state index in [0.717, 1.165) is 11.1 Å². The minimum atomic E-state index is -0.271. The van der Waals surface area contributed by atoms with Crippen LogP contribution in [0, 0.1) is 6.92 Å². The first-order valence-electron chi connectivity index (χ1n) is 7.47. The van der Waals surface area contributed by atoms with Gasteiger partial charge >= 0.3 is 0 Å². The summed E-state index contributed by atoms with van der Waals surface area (Å²) >= 11 is 18.2. The molecule has 128 valence electrons. The van der Waals surface area contributed by atoms with E-state index < -0.39 is 0 Å². The topological polar surface area (TPSA) is 46.9 Å². The van der Waals surface area contributed by atoms with E-state index in [1.165, 1.54) is 0 Å². The van der Waals surface area contributed by atoms with Crippen LogP contribution < -0.4 is 5.32 Å². The third kappa shape index (κ3) is 4.15. The number of amides is 1. The molecule has 3 rings (SSSR count). The average Bonchev–Trinajstić information content (AvgIpc) is 2.97. The molecule has 1 amide bonds. The summed E-state index contributed by atoms with van der Waals surface area (Å²) in [6, 6.07) is 10.6. The third-order valence-electron chi connectivity index (χ3n) is 3.69. The summed E-state index contributed by atoms with van der Waals surface area (Å²) < 4.78 is 1.68. The van der Waals surface area contributed by atoms with Crippen LogP contribution in [-0.2, 0) is 6.54 Å². The lowest BCUT2D eigenvalue weighted by Crippen LogP contribution is -2.13. The molecule has 0 aliphatic carbocycles. The van der Waals surface area contributed by atoms with E-state index in [-0.39, 0.29) is 5.91 Å². The SMILES string of the molecule is Cc1cccc(Cl)c1C(=O)Nc1cnn(Cc2ccc(Cl)cc2Cl)c1. The first-order chi connectivity index (χ1) is 11.9. The van der Waals surface area contributed by atoms with Crippen LogP contribution in [0.3, 0.4) is 0 Å². The predicted molar refractivity (Wildman–Crippen MR) is 102 cm³/mol. The average molecular weight is 395 g/mol. The number of anilines is 1. The minimum absolute atomic E-state index is 0.271. The maximum absolute atomic E-state index is 12.4. The van der Waals surface area contributed by atoms with Gasteiger partial charge in [0.15, 0.2) is 0 Å². The van der Waals surface area contributed by atoms with Crippen LogP contribution in [0.2, 0.25) is 15.1 Å². The predicted octanol–water partition coefficient (Wildman–Crippen LogP) is 5.45. The molecule has 1 N–H and O–H groups in total. The van der Waals surface area contributed by atoms with E-state index in [2.05, 4.69) is 10.4 Å². The first-order valence-corrected chi connectivity index (χ1v) is 8.60. The van der Waals surface area contributed by atoms with Crippen LogP contribution in [0.15, 0.2) is 48.8 Å². The molecule has 0 saturated heterocycles. The highest BCUT2D eigenvalue weighted by Gasteiger charge is 2.14. The lowest BCUT2D eigenvalue weighted by molar-refractivity contribution is 0.102. The van der Waals surface area contributed by atoms with Crippen molar-refractivity contribution in [3.8, 4) is 0 Å². The molecule has 1 aromatic heterocycles. The first kappa shape index (κ1) is 17.8. The quantitative estimate of drug-likeness (QED) is 0.639. The second-order valence-electron chi connectivity index (χ2n) is 5.55. The van der Waals surface area contributed by atoms with E-state index in [4.69, 9.17) is 34.8 Å². The van der Waals surface area contributed by atoms with Crippen LogP contribution in [0.5, 0.6) is 0 Å². The van der Waals surface area contributed by atoms with Gasteiger partial charge in [-0.1, -0.05) is 53.0 Å². The Morgan fingerprint density at radius 2 is 1.96 bits per heavy atom. The fraction of sp³-hybridized carbons (Fsp3) is 0.111. The Kier molecular flexibility index (Phi) is 5.33. The van der Waals surface area contributed by atoms with Gasteiger partial charge in [0.2, 0.25) is 0 Å². The molecular weight excluding hydrogens is 381 g/mol. The Morgan fingerprint density at radius 3 is 2.68 bits per heavy atom. The molecule has 0 spiro atoms. The lowest BCUT2D eigenvalue weighted by atomic mass is 10.1. The highest BCUT2D eigenvalue weighted by atomic mass is 35.5. The Bertz CT molecular complexity index is 917. The summed E-state index contributed by atoms with van der Waals surface area (Å²) in [5, 5.41) is 8.62. The molecule has 25 heavy (non-hydrogen) atoms. The maximum atomic E-state index is 12.4. The zero-order chi connectivity index (χ0) is 18.0. The molecular formula is C18H14Cl3N3O. The van der Waals surface area contributed by atoms with Gasteiger partial charge < -0.3 is 5.32 Å². The van der Waals surface area contributed by atoms with Crippen molar-refractivity contribution in [3.05, 3.63) is 80.6 Å². The molecule has 0 fully saturated rings. The number of nitrogens with one attached hydrogen (secondary N) is 1. The van der Waals surface area contributed by atoms with Gasteiger partial charge in [-0.3, -0.25) is 9.48 Å².